The van der Waals surface area contributed by atoms with Crippen molar-refractivity contribution in [3.05, 3.63) is 35.0 Å². The molecule has 0 fully saturated rings. The number of halogens is 2. The molecular formula is C8H4Cl2N4O. The van der Waals surface area contributed by atoms with Gasteiger partial charge >= 0.3 is 0 Å². The molecule has 0 aliphatic rings. The van der Waals surface area contributed by atoms with Gasteiger partial charge in [-0.15, -0.1) is 10.2 Å². The van der Waals surface area contributed by atoms with E-state index in [0.29, 0.717) is 5.75 Å². The first-order valence-corrected chi connectivity index (χ1v) is 4.65. The smallest absolute Gasteiger partial charge is 0.262 e. The molecule has 0 spiro atoms. The van der Waals surface area contributed by atoms with Crippen LogP contribution in [0, 0.1) is 0 Å². The fraction of sp³-hybridized carbons (Fsp3) is 0. The first kappa shape index (κ1) is 10.1. The summed E-state index contributed by atoms with van der Waals surface area (Å²) in [5.41, 5.74) is 0. The molecule has 2 aromatic heterocycles. The topological polar surface area (TPSA) is 60.8 Å². The average molecular weight is 243 g/mol. The van der Waals surface area contributed by atoms with Crippen molar-refractivity contribution in [1.82, 2.24) is 20.2 Å². The molecule has 0 aliphatic carbocycles. The molecule has 2 heterocycles. The summed E-state index contributed by atoms with van der Waals surface area (Å²) in [5.74, 6) is 0.598. The van der Waals surface area contributed by atoms with E-state index in [9.17, 15) is 0 Å². The van der Waals surface area contributed by atoms with Gasteiger partial charge in [-0.05, 0) is 23.7 Å². The second kappa shape index (κ2) is 4.37. The van der Waals surface area contributed by atoms with E-state index < -0.39 is 0 Å². The van der Waals surface area contributed by atoms with E-state index in [1.54, 1.807) is 18.3 Å². The van der Waals surface area contributed by atoms with E-state index >= 15 is 0 Å². The number of ether oxygens (including phenoxy) is 1. The second-order valence-electron chi connectivity index (χ2n) is 2.47. The number of rotatable bonds is 2. The Kier molecular flexibility index (Phi) is 2.94. The van der Waals surface area contributed by atoms with Crippen LogP contribution in [0.2, 0.25) is 10.4 Å². The highest BCUT2D eigenvalue weighted by Crippen LogP contribution is 2.24. The highest BCUT2D eigenvalue weighted by molar-refractivity contribution is 6.31. The third-order valence-electron chi connectivity index (χ3n) is 1.44. The van der Waals surface area contributed by atoms with Gasteiger partial charge in [-0.2, -0.15) is 4.98 Å². The van der Waals surface area contributed by atoms with Gasteiger partial charge in [0.1, 0.15) is 5.75 Å². The average Bonchev–Trinajstić information content (AvgIpc) is 2.25. The van der Waals surface area contributed by atoms with Gasteiger partial charge in [0.15, 0.2) is 0 Å². The van der Waals surface area contributed by atoms with Gasteiger partial charge < -0.3 is 4.74 Å². The normalized spacial score (nSPS) is 10.0. The summed E-state index contributed by atoms with van der Waals surface area (Å²) in [6.45, 7) is 0. The molecule has 0 N–H and O–H groups in total. The zero-order valence-electron chi connectivity index (χ0n) is 7.26. The summed E-state index contributed by atoms with van der Waals surface area (Å²) in [4.78, 5) is 7.65. The van der Waals surface area contributed by atoms with Crippen LogP contribution in [0.5, 0.6) is 11.6 Å². The molecule has 0 saturated carbocycles. The van der Waals surface area contributed by atoms with Crippen LogP contribution >= 0.6 is 23.2 Å². The number of hydrogen-bond donors (Lipinski definition) is 0. The van der Waals surface area contributed by atoms with Crippen LogP contribution in [0.3, 0.4) is 0 Å². The molecule has 15 heavy (non-hydrogen) atoms. The molecular weight excluding hydrogens is 239 g/mol. The molecule has 0 atom stereocenters. The third kappa shape index (κ3) is 2.51. The van der Waals surface area contributed by atoms with E-state index in [1.807, 2.05) is 0 Å². The summed E-state index contributed by atoms with van der Waals surface area (Å²) >= 11 is 11.3. The summed E-state index contributed by atoms with van der Waals surface area (Å²) < 4.78 is 5.30. The molecule has 5 nitrogen and oxygen atoms in total. The molecule has 0 aliphatic heterocycles. The van der Waals surface area contributed by atoms with Crippen molar-refractivity contribution in [1.29, 1.82) is 0 Å². The predicted octanol–water partition coefficient (Wildman–Crippen LogP) is 2.37. The van der Waals surface area contributed by atoms with E-state index in [0.717, 1.165) is 0 Å². The number of hydrogen-bond acceptors (Lipinski definition) is 5. The van der Waals surface area contributed by atoms with Gasteiger partial charge in [-0.3, -0.25) is 4.98 Å². The van der Waals surface area contributed by atoms with Gasteiger partial charge in [0.25, 0.3) is 5.88 Å². The highest BCUT2D eigenvalue weighted by Gasteiger charge is 2.08. The van der Waals surface area contributed by atoms with Crippen molar-refractivity contribution in [2.45, 2.75) is 0 Å². The highest BCUT2D eigenvalue weighted by atomic mass is 35.5. The lowest BCUT2D eigenvalue weighted by atomic mass is 10.5. The van der Waals surface area contributed by atoms with E-state index in [2.05, 4.69) is 20.2 Å². The van der Waals surface area contributed by atoms with Crippen LogP contribution in [0.15, 0.2) is 24.5 Å². The predicted molar refractivity (Wildman–Crippen MR) is 54.2 cm³/mol. The van der Waals surface area contributed by atoms with Crippen LogP contribution in [-0.4, -0.2) is 20.2 Å². The molecule has 2 rings (SSSR count). The van der Waals surface area contributed by atoms with Crippen LogP contribution in [0.4, 0.5) is 0 Å². The Bertz CT molecular complexity index is 465. The maximum atomic E-state index is 5.71. The van der Waals surface area contributed by atoms with E-state index in [-0.39, 0.29) is 16.3 Å². The summed E-state index contributed by atoms with van der Waals surface area (Å²) in [7, 11) is 0. The standard InChI is InChI=1S/C8H4Cl2N4O/c9-6-7(12-8(10)14-13-6)15-5-2-1-3-11-4-5/h1-4H. The van der Waals surface area contributed by atoms with Crippen molar-refractivity contribution in [2.75, 3.05) is 0 Å². The largest absolute Gasteiger partial charge is 0.435 e. The van der Waals surface area contributed by atoms with E-state index in [4.69, 9.17) is 27.9 Å². The van der Waals surface area contributed by atoms with Crippen molar-refractivity contribution < 1.29 is 4.74 Å². The summed E-state index contributed by atoms with van der Waals surface area (Å²) in [6.07, 6.45) is 3.14. The molecule has 0 aromatic carbocycles. The van der Waals surface area contributed by atoms with Crippen molar-refractivity contribution in [2.24, 2.45) is 0 Å². The first-order chi connectivity index (χ1) is 7.25. The first-order valence-electron chi connectivity index (χ1n) is 3.89. The molecule has 0 unspecified atom stereocenters. The Morgan fingerprint density at radius 1 is 1.20 bits per heavy atom. The molecule has 0 radical (unpaired) electrons. The lowest BCUT2D eigenvalue weighted by Crippen LogP contribution is -1.94. The fourth-order valence-corrected chi connectivity index (χ4v) is 1.10. The summed E-state index contributed by atoms with van der Waals surface area (Å²) in [6, 6.07) is 3.43. The number of pyridine rings is 1. The van der Waals surface area contributed by atoms with E-state index in [1.165, 1.54) is 6.20 Å². The van der Waals surface area contributed by atoms with Crippen molar-refractivity contribution >= 4 is 23.2 Å². The molecule has 0 amide bonds. The van der Waals surface area contributed by atoms with Crippen molar-refractivity contribution in [3.8, 4) is 11.6 Å². The van der Waals surface area contributed by atoms with Gasteiger partial charge in [-0.25, -0.2) is 0 Å². The van der Waals surface area contributed by atoms with Gasteiger partial charge in [-0.1, -0.05) is 11.6 Å². The zero-order valence-corrected chi connectivity index (χ0v) is 8.77. The number of aromatic nitrogens is 4. The van der Waals surface area contributed by atoms with Crippen LogP contribution in [-0.2, 0) is 0 Å². The zero-order chi connectivity index (χ0) is 10.7. The minimum absolute atomic E-state index is 0.0294. The Labute approximate surface area is 95.1 Å². The monoisotopic (exact) mass is 242 g/mol. The minimum atomic E-state index is -0.0294. The second-order valence-corrected chi connectivity index (χ2v) is 3.16. The summed E-state index contributed by atoms with van der Waals surface area (Å²) in [5, 5.41) is 7.02. The van der Waals surface area contributed by atoms with Crippen LogP contribution in [0.1, 0.15) is 0 Å². The van der Waals surface area contributed by atoms with Crippen LogP contribution in [0.25, 0.3) is 0 Å². The Morgan fingerprint density at radius 2 is 2.07 bits per heavy atom. The lowest BCUT2D eigenvalue weighted by molar-refractivity contribution is 0.455. The van der Waals surface area contributed by atoms with Crippen LogP contribution < -0.4 is 4.74 Å². The molecule has 76 valence electrons. The molecule has 7 heteroatoms. The molecule has 0 bridgehead atoms. The quantitative estimate of drug-likeness (QED) is 0.810. The van der Waals surface area contributed by atoms with Crippen molar-refractivity contribution in [3.63, 3.8) is 0 Å². The SMILES string of the molecule is Clc1nnc(Cl)c(Oc2cccnc2)n1. The Morgan fingerprint density at radius 3 is 2.80 bits per heavy atom. The third-order valence-corrected chi connectivity index (χ3v) is 1.84. The number of nitrogens with zero attached hydrogens (tertiary/aromatic N) is 4. The van der Waals surface area contributed by atoms with Gasteiger partial charge in [0.2, 0.25) is 10.4 Å². The Hall–Kier alpha value is -1.46. The molecule has 2 aromatic rings. The minimum Gasteiger partial charge on any atom is -0.435 e. The maximum Gasteiger partial charge on any atom is 0.262 e. The van der Waals surface area contributed by atoms with Gasteiger partial charge in [0.05, 0.1) is 6.20 Å². The van der Waals surface area contributed by atoms with Gasteiger partial charge in [0, 0.05) is 6.20 Å². The Balaban J connectivity index is 2.28. The molecule has 0 saturated heterocycles. The fourth-order valence-electron chi connectivity index (χ4n) is 0.864. The lowest BCUT2D eigenvalue weighted by Gasteiger charge is -2.03. The maximum absolute atomic E-state index is 5.71.